The van der Waals surface area contributed by atoms with E-state index in [-0.39, 0.29) is 49.6 Å². The Morgan fingerprint density at radius 1 is 1.00 bits per heavy atom. The summed E-state index contributed by atoms with van der Waals surface area (Å²) in [7, 11) is 1.15. The second kappa shape index (κ2) is 18.5. The van der Waals surface area contributed by atoms with Crippen LogP contribution < -0.4 is 5.32 Å². The van der Waals surface area contributed by atoms with Crippen LogP contribution in [0.2, 0.25) is 0 Å². The molecular formula is C37H36F2N6O9S2. The van der Waals surface area contributed by atoms with Crippen LogP contribution in [0, 0.1) is 6.92 Å². The van der Waals surface area contributed by atoms with Crippen LogP contribution >= 0.6 is 23.5 Å². The molecule has 0 saturated carbocycles. The highest BCUT2D eigenvalue weighted by molar-refractivity contribution is 8.00. The van der Waals surface area contributed by atoms with Crippen LogP contribution in [0.15, 0.2) is 101 Å². The number of esters is 1. The number of thioether (sulfide) groups is 2. The summed E-state index contributed by atoms with van der Waals surface area (Å²) in [4.78, 5) is 54.1. The molecule has 0 aliphatic carbocycles. The first kappa shape index (κ1) is 40.3. The van der Waals surface area contributed by atoms with Crippen LogP contribution in [0.5, 0.6) is 0 Å². The van der Waals surface area contributed by atoms with Gasteiger partial charge in [0, 0.05) is 12.9 Å². The van der Waals surface area contributed by atoms with E-state index in [1.807, 2.05) is 43.3 Å². The third-order valence-corrected chi connectivity index (χ3v) is 10.3. The van der Waals surface area contributed by atoms with Crippen LogP contribution in [-0.4, -0.2) is 98.6 Å². The van der Waals surface area contributed by atoms with Crippen LogP contribution in [0.25, 0.3) is 0 Å². The maximum absolute atomic E-state index is 14.3. The molecule has 1 aromatic heterocycles. The number of aromatic nitrogens is 4. The predicted molar refractivity (Wildman–Crippen MR) is 197 cm³/mol. The molecular weight excluding hydrogens is 775 g/mol. The summed E-state index contributed by atoms with van der Waals surface area (Å²) in [6.45, 7) is 1.73. The Kier molecular flexibility index (Phi) is 13.3. The Morgan fingerprint density at radius 2 is 1.68 bits per heavy atom. The number of nitrogens with one attached hydrogen (secondary N) is 1. The quantitative estimate of drug-likeness (QED) is 0.0677. The number of tetrazole rings is 1. The van der Waals surface area contributed by atoms with Crippen molar-refractivity contribution in [2.75, 3.05) is 31.8 Å². The van der Waals surface area contributed by atoms with E-state index in [1.54, 1.807) is 48.5 Å². The number of carbonyl (C=O) groups excluding carboxylic acids is 4. The van der Waals surface area contributed by atoms with E-state index in [0.29, 0.717) is 21.9 Å². The van der Waals surface area contributed by atoms with Gasteiger partial charge in [0.2, 0.25) is 11.1 Å². The predicted octanol–water partition coefficient (Wildman–Crippen LogP) is 4.63. The lowest BCUT2D eigenvalue weighted by Crippen LogP contribution is -2.82. The summed E-state index contributed by atoms with van der Waals surface area (Å²) in [5.41, 5.74) is 1.28. The molecule has 294 valence electrons. The van der Waals surface area contributed by atoms with E-state index in [2.05, 4.69) is 20.8 Å². The van der Waals surface area contributed by atoms with E-state index < -0.39 is 53.5 Å². The van der Waals surface area contributed by atoms with Crippen molar-refractivity contribution in [2.45, 2.75) is 49.0 Å². The van der Waals surface area contributed by atoms with Gasteiger partial charge in [-0.2, -0.15) is 8.78 Å². The number of rotatable bonds is 17. The van der Waals surface area contributed by atoms with Gasteiger partial charge in [-0.15, -0.1) is 5.10 Å². The highest BCUT2D eigenvalue weighted by Gasteiger charge is 2.67. The summed E-state index contributed by atoms with van der Waals surface area (Å²) in [5, 5.41) is 14.4. The second-order valence-corrected chi connectivity index (χ2v) is 14.2. The largest absolute Gasteiger partial charge is 0.508 e. The second-order valence-electron chi connectivity index (χ2n) is 12.3. The monoisotopic (exact) mass is 810 g/mol. The number of hydrogen-bond acceptors (Lipinski definition) is 14. The minimum absolute atomic E-state index is 0.0272. The van der Waals surface area contributed by atoms with Crippen LogP contribution in [0.4, 0.5) is 13.6 Å². The maximum atomic E-state index is 14.3. The number of halogens is 2. The molecule has 2 amide bonds. The molecule has 19 heteroatoms. The fourth-order valence-corrected chi connectivity index (χ4v) is 7.09. The Morgan fingerprint density at radius 3 is 2.32 bits per heavy atom. The molecule has 0 radical (unpaired) electrons. The van der Waals surface area contributed by atoms with Gasteiger partial charge in [0.1, 0.15) is 18.9 Å². The summed E-state index contributed by atoms with van der Waals surface area (Å²) < 4.78 is 55.0. The summed E-state index contributed by atoms with van der Waals surface area (Å²) >= 11 is 1.19. The van der Waals surface area contributed by atoms with Crippen molar-refractivity contribution >= 4 is 47.5 Å². The molecule has 0 unspecified atom stereocenters. The summed E-state index contributed by atoms with van der Waals surface area (Å²) in [5.74, 6) is -6.08. The smallest absolute Gasteiger partial charge is 0.448 e. The van der Waals surface area contributed by atoms with Crippen molar-refractivity contribution in [3.05, 3.63) is 118 Å². The van der Waals surface area contributed by atoms with Gasteiger partial charge in [-0.05, 0) is 39.6 Å². The fraction of sp³-hybridized carbons (Fsp3) is 0.324. The van der Waals surface area contributed by atoms with Gasteiger partial charge in [-0.3, -0.25) is 14.5 Å². The number of alkyl halides is 2. The molecule has 2 aliphatic heterocycles. The number of aryl methyl sites for hydroxylation is 1. The molecule has 56 heavy (non-hydrogen) atoms. The van der Waals surface area contributed by atoms with Gasteiger partial charge in [0.05, 0.1) is 18.9 Å². The van der Waals surface area contributed by atoms with Crippen molar-refractivity contribution in [3.8, 4) is 0 Å². The number of methoxy groups -OCH3 is 1. The number of benzene rings is 3. The van der Waals surface area contributed by atoms with Crippen molar-refractivity contribution in [3.63, 3.8) is 0 Å². The number of fused-ring (bicyclic) bond motifs is 1. The van der Waals surface area contributed by atoms with Crippen molar-refractivity contribution < 1.29 is 51.6 Å². The van der Waals surface area contributed by atoms with Crippen LogP contribution in [-0.2, 0) is 51.2 Å². The Bertz CT molecular complexity index is 2000. The van der Waals surface area contributed by atoms with Crippen molar-refractivity contribution in [2.24, 2.45) is 0 Å². The van der Waals surface area contributed by atoms with Gasteiger partial charge in [0.25, 0.3) is 17.4 Å². The summed E-state index contributed by atoms with van der Waals surface area (Å²) in [6, 6.07) is 25.6. The molecule has 0 bridgehead atoms. The molecule has 1 fully saturated rings. The zero-order valence-corrected chi connectivity index (χ0v) is 31.7. The first-order valence-electron chi connectivity index (χ1n) is 17.1. The minimum Gasteiger partial charge on any atom is -0.448 e. The number of amides is 2. The number of hydrogen-bond donors (Lipinski definition) is 1. The standard InChI is InChI=1S/C37H36F2N6O9S2/c1-23-13-15-24(16-14-23)19-53-36(49)51-18-17-44-35(41-42-43-44)56-21-27-20-52-33-37(50-2,40-28(46)22-55-34(38)39)32(48)45(33)29(27)31(47)54-30(25-9-5-3-6-10-25)26-11-7-4-8-12-26/h3-16,30,33-34H,17-22H2,1-2H3,(H,40,46)/t33-,37+/m1/s1. The van der Waals surface area contributed by atoms with Gasteiger partial charge in [-0.25, -0.2) is 14.3 Å². The lowest BCUT2D eigenvalue weighted by molar-refractivity contribution is -0.258. The molecule has 1 saturated heterocycles. The molecule has 3 aromatic carbocycles. The third kappa shape index (κ3) is 9.35. The zero-order chi connectivity index (χ0) is 39.7. The fourth-order valence-electron chi connectivity index (χ4n) is 5.85. The highest BCUT2D eigenvalue weighted by atomic mass is 32.2. The van der Waals surface area contributed by atoms with Gasteiger partial charge < -0.3 is 29.0 Å². The third-order valence-electron chi connectivity index (χ3n) is 8.60. The molecule has 2 aliphatic rings. The lowest BCUT2D eigenvalue weighted by Gasteiger charge is -2.55. The van der Waals surface area contributed by atoms with Crippen molar-refractivity contribution in [1.29, 1.82) is 0 Å². The topological polar surface area (TPSA) is 173 Å². The van der Waals surface area contributed by atoms with E-state index in [4.69, 9.17) is 23.7 Å². The normalized spacial score (nSPS) is 17.7. The molecule has 4 aromatic rings. The van der Waals surface area contributed by atoms with Gasteiger partial charge in [-0.1, -0.05) is 114 Å². The molecule has 2 atom stereocenters. The van der Waals surface area contributed by atoms with E-state index in [9.17, 15) is 28.0 Å². The zero-order valence-electron chi connectivity index (χ0n) is 30.0. The average Bonchev–Trinajstić information content (AvgIpc) is 3.67. The van der Waals surface area contributed by atoms with E-state index in [1.165, 1.54) is 4.68 Å². The Hall–Kier alpha value is -5.37. The number of ether oxygens (including phenoxy) is 5. The van der Waals surface area contributed by atoms with E-state index >= 15 is 0 Å². The molecule has 15 nitrogen and oxygen atoms in total. The van der Waals surface area contributed by atoms with Crippen molar-refractivity contribution in [1.82, 2.24) is 30.4 Å². The average molecular weight is 811 g/mol. The molecule has 1 N–H and O–H groups in total. The van der Waals surface area contributed by atoms with E-state index in [0.717, 1.165) is 34.9 Å². The molecule has 3 heterocycles. The molecule has 6 rings (SSSR count). The highest BCUT2D eigenvalue weighted by Crippen LogP contribution is 2.42. The first-order chi connectivity index (χ1) is 27.1. The molecule has 0 spiro atoms. The number of carbonyl (C=O) groups is 4. The first-order valence-corrected chi connectivity index (χ1v) is 19.1. The minimum atomic E-state index is -2.82. The number of β-lactam (4-membered cyclic amide) rings is 1. The Balaban J connectivity index is 1.20. The number of nitrogens with zero attached hydrogens (tertiary/aromatic N) is 5. The van der Waals surface area contributed by atoms with Crippen LogP contribution in [0.3, 0.4) is 0 Å². The SMILES string of the molecule is CO[C@@]1(NC(=O)CSC(F)F)C(=O)N2C(C(=O)OC(c3ccccc3)c3ccccc3)=C(CSc3nnnn3CCOC(=O)OCc3ccc(C)cc3)CO[C@@H]21. The maximum Gasteiger partial charge on any atom is 0.508 e. The Labute approximate surface area is 328 Å². The van der Waals surface area contributed by atoms with Gasteiger partial charge in [0.15, 0.2) is 12.3 Å². The lowest BCUT2D eigenvalue weighted by atomic mass is 9.94. The van der Waals surface area contributed by atoms with Crippen LogP contribution in [0.1, 0.15) is 28.4 Å². The summed E-state index contributed by atoms with van der Waals surface area (Å²) in [6.07, 6.45) is -3.08. The van der Waals surface area contributed by atoms with Gasteiger partial charge >= 0.3 is 12.1 Å².